The van der Waals surface area contributed by atoms with Gasteiger partial charge < -0.3 is 10.6 Å². The Kier molecular flexibility index (Phi) is 6.04. The van der Waals surface area contributed by atoms with E-state index in [1.54, 1.807) is 0 Å². The summed E-state index contributed by atoms with van der Waals surface area (Å²) in [4.78, 5) is 16.3. The number of halogens is 2. The number of rotatable bonds is 5. The molecule has 3 aliphatic rings. The first-order valence-electron chi connectivity index (χ1n) is 11.8. The summed E-state index contributed by atoms with van der Waals surface area (Å²) < 4.78 is 82.5. The second-order valence-corrected chi connectivity index (χ2v) is 14.4. The summed E-state index contributed by atoms with van der Waals surface area (Å²) >= 11 is 0. The quantitative estimate of drug-likeness (QED) is 0.495. The standard InChI is InChI=1S/C23H26F2N6O5S2/c1-22(17-11-15(4-7-18(17)25)28-20(32)19-8-3-14(24)12-27-19)23(38(35,36)30(2)21(26)29-22)9-10-31(13-23)37(33,34)16-5-6-16/h3-4,7-8,11-12,16H,5-6,9-10,13H2,1-2H3,(H2,26,29)(H,28,32)/t22-,23-/m0/s1. The van der Waals surface area contributed by atoms with E-state index in [-0.39, 0.29) is 29.9 Å². The van der Waals surface area contributed by atoms with Gasteiger partial charge in [-0.25, -0.2) is 34.9 Å². The van der Waals surface area contributed by atoms with Crippen LogP contribution in [0.1, 0.15) is 42.2 Å². The molecular formula is C23H26F2N6O5S2. The molecular weight excluding hydrogens is 542 g/mol. The van der Waals surface area contributed by atoms with E-state index in [4.69, 9.17) is 5.41 Å². The van der Waals surface area contributed by atoms with E-state index < -0.39 is 65.6 Å². The third kappa shape index (κ3) is 3.86. The fourth-order valence-electron chi connectivity index (χ4n) is 5.23. The average Bonchev–Trinajstić information content (AvgIpc) is 3.62. The van der Waals surface area contributed by atoms with Gasteiger partial charge in [-0.15, -0.1) is 0 Å². The van der Waals surface area contributed by atoms with Crippen molar-refractivity contribution >= 4 is 37.6 Å². The van der Waals surface area contributed by atoms with E-state index in [2.05, 4.69) is 15.6 Å². The van der Waals surface area contributed by atoms with E-state index in [0.29, 0.717) is 12.8 Å². The Hall–Kier alpha value is -3.17. The third-order valence-electron chi connectivity index (χ3n) is 7.67. The number of hydrogen-bond donors (Lipinski definition) is 3. The van der Waals surface area contributed by atoms with Crippen molar-refractivity contribution in [2.45, 2.75) is 41.7 Å². The zero-order valence-corrected chi connectivity index (χ0v) is 22.2. The zero-order chi connectivity index (χ0) is 27.7. The molecule has 3 N–H and O–H groups in total. The molecule has 3 heterocycles. The molecule has 0 bridgehead atoms. The van der Waals surface area contributed by atoms with Gasteiger partial charge >= 0.3 is 0 Å². The van der Waals surface area contributed by atoms with Gasteiger partial charge in [0, 0.05) is 31.4 Å². The monoisotopic (exact) mass is 568 g/mol. The fourth-order valence-corrected chi connectivity index (χ4v) is 9.37. The van der Waals surface area contributed by atoms with Crippen molar-refractivity contribution in [2.75, 3.05) is 25.5 Å². The lowest BCUT2D eigenvalue weighted by molar-refractivity contribution is 0.102. The van der Waals surface area contributed by atoms with Crippen LogP contribution in [-0.4, -0.2) is 72.4 Å². The molecule has 2 aromatic rings. The van der Waals surface area contributed by atoms with Gasteiger partial charge in [-0.2, -0.15) is 4.31 Å². The summed E-state index contributed by atoms with van der Waals surface area (Å²) in [5.41, 5.74) is -1.96. The van der Waals surface area contributed by atoms with Crippen molar-refractivity contribution in [1.82, 2.24) is 18.9 Å². The number of aromatic nitrogens is 1. The van der Waals surface area contributed by atoms with Crippen molar-refractivity contribution in [2.24, 2.45) is 0 Å². The van der Waals surface area contributed by atoms with Gasteiger partial charge in [0.1, 0.15) is 22.1 Å². The van der Waals surface area contributed by atoms with Crippen LogP contribution in [0.25, 0.3) is 0 Å². The Balaban J connectivity index is 1.58. The van der Waals surface area contributed by atoms with Crippen LogP contribution in [0, 0.1) is 17.0 Å². The number of amides is 1. The molecule has 0 unspecified atom stereocenters. The number of carbonyl (C=O) groups is 1. The molecule has 2 atom stereocenters. The highest BCUT2D eigenvalue weighted by Crippen LogP contribution is 2.51. The Labute approximate surface area is 218 Å². The van der Waals surface area contributed by atoms with Crippen molar-refractivity contribution in [3.05, 3.63) is 59.4 Å². The average molecular weight is 569 g/mol. The van der Waals surface area contributed by atoms with Gasteiger partial charge in [-0.05, 0) is 56.5 Å². The summed E-state index contributed by atoms with van der Waals surface area (Å²) in [6.45, 7) is 0.917. The maximum absolute atomic E-state index is 15.5. The Morgan fingerprint density at radius 3 is 2.58 bits per heavy atom. The zero-order valence-electron chi connectivity index (χ0n) is 20.5. The Morgan fingerprint density at radius 1 is 1.24 bits per heavy atom. The SMILES string of the molecule is CN1C(=N)N[C@@](C)(c2cc(NC(=O)c3ccc(F)cn3)ccc2F)[C@@]2(CCN(S(=O)(=O)C3CC3)C2)S1(=O)=O. The van der Waals surface area contributed by atoms with E-state index in [0.717, 1.165) is 26.9 Å². The second kappa shape index (κ2) is 8.68. The Bertz CT molecular complexity index is 1550. The van der Waals surface area contributed by atoms with Gasteiger partial charge in [-0.1, -0.05) is 0 Å². The van der Waals surface area contributed by atoms with Crippen LogP contribution in [0.3, 0.4) is 0 Å². The number of sulfonamides is 2. The first-order valence-corrected chi connectivity index (χ1v) is 14.7. The number of guanidine groups is 1. The summed E-state index contributed by atoms with van der Waals surface area (Å²) in [6.07, 6.45) is 1.73. The van der Waals surface area contributed by atoms with Crippen LogP contribution in [0.2, 0.25) is 0 Å². The highest BCUT2D eigenvalue weighted by molar-refractivity contribution is 7.91. The van der Waals surface area contributed by atoms with Crippen molar-refractivity contribution in [1.29, 1.82) is 5.41 Å². The van der Waals surface area contributed by atoms with Crippen LogP contribution in [0.5, 0.6) is 0 Å². The van der Waals surface area contributed by atoms with Crippen molar-refractivity contribution in [3.8, 4) is 0 Å². The molecule has 38 heavy (non-hydrogen) atoms. The first-order chi connectivity index (χ1) is 17.7. The van der Waals surface area contributed by atoms with Gasteiger partial charge in [0.05, 0.1) is 17.0 Å². The van der Waals surface area contributed by atoms with Crippen LogP contribution >= 0.6 is 0 Å². The molecule has 2 saturated heterocycles. The van der Waals surface area contributed by atoms with Gasteiger partial charge in [0.2, 0.25) is 26.0 Å². The molecule has 1 amide bonds. The van der Waals surface area contributed by atoms with Crippen molar-refractivity contribution < 1.29 is 30.4 Å². The topological polar surface area (TPSA) is 153 Å². The molecule has 204 valence electrons. The van der Waals surface area contributed by atoms with Gasteiger partial charge in [0.25, 0.3) is 5.91 Å². The maximum Gasteiger partial charge on any atom is 0.274 e. The molecule has 1 aromatic heterocycles. The van der Waals surface area contributed by atoms with E-state index in [9.17, 15) is 26.0 Å². The first kappa shape index (κ1) is 26.4. The largest absolute Gasteiger partial charge is 0.345 e. The molecule has 1 saturated carbocycles. The van der Waals surface area contributed by atoms with Gasteiger partial charge in [0.15, 0.2) is 0 Å². The maximum atomic E-state index is 15.5. The highest BCUT2D eigenvalue weighted by Gasteiger charge is 2.68. The van der Waals surface area contributed by atoms with Crippen LogP contribution in [-0.2, 0) is 25.6 Å². The molecule has 1 spiro atoms. The number of benzene rings is 1. The summed E-state index contributed by atoms with van der Waals surface area (Å²) in [5.74, 6) is -2.66. The Morgan fingerprint density at radius 2 is 1.95 bits per heavy atom. The summed E-state index contributed by atoms with van der Waals surface area (Å²) in [7, 11) is -6.91. The minimum absolute atomic E-state index is 0.0786. The molecule has 2 aliphatic heterocycles. The number of nitrogens with one attached hydrogen (secondary N) is 3. The fraction of sp³-hybridized carbons (Fsp3) is 0.435. The summed E-state index contributed by atoms with van der Waals surface area (Å²) in [5, 5.41) is 13.1. The molecule has 15 heteroatoms. The number of anilines is 1. The lowest BCUT2D eigenvalue weighted by Crippen LogP contribution is -2.74. The second-order valence-electron chi connectivity index (χ2n) is 9.90. The molecule has 1 aromatic carbocycles. The number of nitrogens with zero attached hydrogens (tertiary/aromatic N) is 3. The lowest BCUT2D eigenvalue weighted by Gasteiger charge is -2.52. The molecule has 11 nitrogen and oxygen atoms in total. The minimum Gasteiger partial charge on any atom is -0.345 e. The van der Waals surface area contributed by atoms with E-state index in [1.807, 2.05) is 0 Å². The van der Waals surface area contributed by atoms with Crippen molar-refractivity contribution in [3.63, 3.8) is 0 Å². The van der Waals surface area contributed by atoms with Crippen LogP contribution < -0.4 is 10.6 Å². The number of hydrogen-bond acceptors (Lipinski definition) is 7. The number of carbonyl (C=O) groups excluding carboxylic acids is 1. The van der Waals surface area contributed by atoms with E-state index >= 15 is 4.39 Å². The molecule has 0 radical (unpaired) electrons. The predicted octanol–water partition coefficient (Wildman–Crippen LogP) is 1.56. The lowest BCUT2D eigenvalue weighted by atomic mass is 9.77. The number of pyridine rings is 1. The molecule has 5 rings (SSSR count). The minimum atomic E-state index is -4.36. The summed E-state index contributed by atoms with van der Waals surface area (Å²) in [6, 6.07) is 5.79. The molecule has 1 aliphatic carbocycles. The predicted molar refractivity (Wildman–Crippen MR) is 134 cm³/mol. The van der Waals surface area contributed by atoms with Gasteiger partial charge in [-0.3, -0.25) is 10.2 Å². The normalized spacial score (nSPS) is 27.4. The van der Waals surface area contributed by atoms with Crippen LogP contribution in [0.4, 0.5) is 14.5 Å². The van der Waals surface area contributed by atoms with E-state index in [1.165, 1.54) is 32.2 Å². The highest BCUT2D eigenvalue weighted by atomic mass is 32.2. The molecule has 3 fully saturated rings. The van der Waals surface area contributed by atoms with Crippen LogP contribution in [0.15, 0.2) is 36.5 Å². The smallest absolute Gasteiger partial charge is 0.274 e. The third-order valence-corrected chi connectivity index (χ3v) is 12.7.